The van der Waals surface area contributed by atoms with Gasteiger partial charge in [-0.2, -0.15) is 4.98 Å². The number of piperazine rings is 1. The van der Waals surface area contributed by atoms with Gasteiger partial charge in [0.05, 0.1) is 13.2 Å². The lowest BCUT2D eigenvalue weighted by Crippen LogP contribution is -2.51. The smallest absolute Gasteiger partial charge is 0.217 e. The third kappa shape index (κ3) is 4.60. The van der Waals surface area contributed by atoms with Crippen LogP contribution >= 0.6 is 0 Å². The first-order chi connectivity index (χ1) is 12.2. The zero-order valence-corrected chi connectivity index (χ0v) is 17.2. The zero-order chi connectivity index (χ0) is 18.9. The Hall–Kier alpha value is -1.53. The van der Waals surface area contributed by atoms with E-state index in [2.05, 4.69) is 68.5 Å². The van der Waals surface area contributed by atoms with Crippen LogP contribution < -0.4 is 14.5 Å². The maximum Gasteiger partial charge on any atom is 0.217 e. The minimum absolute atomic E-state index is 0.271. The zero-order valence-electron chi connectivity index (χ0n) is 17.2. The molecule has 0 amide bonds. The molecule has 26 heavy (non-hydrogen) atoms. The van der Waals surface area contributed by atoms with Gasteiger partial charge in [0, 0.05) is 56.1 Å². The monoisotopic (exact) mass is 362 g/mol. The predicted octanol–water partition coefficient (Wildman–Crippen LogP) is 2.62. The van der Waals surface area contributed by atoms with Crippen molar-refractivity contribution in [3.8, 4) is 5.88 Å². The Kier molecular flexibility index (Phi) is 5.63. The summed E-state index contributed by atoms with van der Waals surface area (Å²) in [4.78, 5) is 12.1. The van der Waals surface area contributed by atoms with E-state index in [-0.39, 0.29) is 5.60 Å². The van der Waals surface area contributed by atoms with Gasteiger partial charge in [-0.25, -0.2) is 0 Å². The van der Waals surface area contributed by atoms with E-state index < -0.39 is 0 Å². The van der Waals surface area contributed by atoms with Crippen molar-refractivity contribution in [1.82, 2.24) is 9.88 Å². The SMILES string of the molecule is CC1CN(C)CCN1c1cc(N2CCOC[C@H]2C)cc(OC(C)(C)C)n1. The lowest BCUT2D eigenvalue weighted by atomic mass is 10.1. The van der Waals surface area contributed by atoms with Crippen molar-refractivity contribution in [2.75, 3.05) is 56.2 Å². The first-order valence-corrected chi connectivity index (χ1v) is 9.73. The maximum absolute atomic E-state index is 6.15. The van der Waals surface area contributed by atoms with Crippen LogP contribution in [0, 0.1) is 0 Å². The van der Waals surface area contributed by atoms with Crippen LogP contribution in [-0.2, 0) is 4.74 Å². The number of nitrogens with zero attached hydrogens (tertiary/aromatic N) is 4. The van der Waals surface area contributed by atoms with Crippen molar-refractivity contribution >= 4 is 11.5 Å². The fraction of sp³-hybridized carbons (Fsp3) is 0.750. The van der Waals surface area contributed by atoms with Crippen LogP contribution in [0.3, 0.4) is 0 Å². The molecule has 2 saturated heterocycles. The number of rotatable bonds is 3. The van der Waals surface area contributed by atoms with Gasteiger partial charge in [-0.05, 0) is 41.7 Å². The molecule has 0 N–H and O–H groups in total. The summed E-state index contributed by atoms with van der Waals surface area (Å²) in [5.74, 6) is 1.72. The van der Waals surface area contributed by atoms with Gasteiger partial charge in [0.2, 0.25) is 5.88 Å². The van der Waals surface area contributed by atoms with Crippen LogP contribution in [0.1, 0.15) is 34.6 Å². The summed E-state index contributed by atoms with van der Waals surface area (Å²) in [5.41, 5.74) is 0.906. The largest absolute Gasteiger partial charge is 0.472 e. The normalized spacial score (nSPS) is 25.5. The van der Waals surface area contributed by atoms with Crippen molar-refractivity contribution in [1.29, 1.82) is 0 Å². The van der Waals surface area contributed by atoms with Crippen molar-refractivity contribution < 1.29 is 9.47 Å². The van der Waals surface area contributed by atoms with Gasteiger partial charge in [-0.3, -0.25) is 0 Å². The Labute approximate surface area is 158 Å². The van der Waals surface area contributed by atoms with Crippen LogP contribution in [0.4, 0.5) is 11.5 Å². The molecule has 6 heteroatoms. The molecule has 1 aromatic heterocycles. The molecule has 0 radical (unpaired) electrons. The first-order valence-electron chi connectivity index (χ1n) is 9.73. The highest BCUT2D eigenvalue weighted by molar-refractivity contribution is 5.59. The lowest BCUT2D eigenvalue weighted by Gasteiger charge is -2.40. The average molecular weight is 363 g/mol. The summed E-state index contributed by atoms with van der Waals surface area (Å²) in [7, 11) is 2.18. The quantitative estimate of drug-likeness (QED) is 0.823. The van der Waals surface area contributed by atoms with Crippen LogP contribution in [0.5, 0.6) is 5.88 Å². The second-order valence-corrected chi connectivity index (χ2v) is 8.66. The van der Waals surface area contributed by atoms with Gasteiger partial charge in [0.25, 0.3) is 0 Å². The molecule has 0 aliphatic carbocycles. The number of aromatic nitrogens is 1. The van der Waals surface area contributed by atoms with Gasteiger partial charge < -0.3 is 24.2 Å². The van der Waals surface area contributed by atoms with E-state index in [1.54, 1.807) is 0 Å². The van der Waals surface area contributed by atoms with Gasteiger partial charge in [0.1, 0.15) is 11.4 Å². The van der Waals surface area contributed by atoms with E-state index >= 15 is 0 Å². The van der Waals surface area contributed by atoms with E-state index in [0.717, 1.165) is 45.2 Å². The molecule has 0 spiro atoms. The van der Waals surface area contributed by atoms with Crippen molar-refractivity contribution in [2.24, 2.45) is 0 Å². The number of hydrogen-bond donors (Lipinski definition) is 0. The van der Waals surface area contributed by atoms with E-state index in [4.69, 9.17) is 14.5 Å². The Bertz CT molecular complexity index is 616. The summed E-state index contributed by atoms with van der Waals surface area (Å²) in [6.07, 6.45) is 0. The van der Waals surface area contributed by atoms with Crippen LogP contribution in [0.2, 0.25) is 0 Å². The molecule has 0 saturated carbocycles. The average Bonchev–Trinajstić information content (AvgIpc) is 2.53. The van der Waals surface area contributed by atoms with Crippen LogP contribution in [0.15, 0.2) is 12.1 Å². The van der Waals surface area contributed by atoms with Crippen molar-refractivity contribution in [2.45, 2.75) is 52.3 Å². The maximum atomic E-state index is 6.15. The molecule has 1 aromatic rings. The van der Waals surface area contributed by atoms with Gasteiger partial charge in [-0.15, -0.1) is 0 Å². The first kappa shape index (κ1) is 19.2. The molecule has 0 bridgehead atoms. The number of pyridine rings is 1. The molecule has 3 heterocycles. The Morgan fingerprint density at radius 3 is 2.50 bits per heavy atom. The highest BCUT2D eigenvalue weighted by Crippen LogP contribution is 2.31. The Morgan fingerprint density at radius 2 is 1.85 bits per heavy atom. The number of ether oxygens (including phenoxy) is 2. The standard InChI is InChI=1S/C20H34N4O2/c1-15-13-22(6)7-8-24(15)18-11-17(23-9-10-25-14-16(23)2)12-19(21-18)26-20(3,4)5/h11-12,15-16H,7-10,13-14H2,1-6H3/t15?,16-/m1/s1. The molecule has 2 aliphatic heterocycles. The summed E-state index contributed by atoms with van der Waals surface area (Å²) < 4.78 is 11.8. The van der Waals surface area contributed by atoms with Crippen LogP contribution in [-0.4, -0.2) is 74.0 Å². The van der Waals surface area contributed by atoms with E-state index in [9.17, 15) is 0 Å². The fourth-order valence-corrected chi connectivity index (χ4v) is 3.75. The van der Waals surface area contributed by atoms with Crippen LogP contribution in [0.25, 0.3) is 0 Å². The topological polar surface area (TPSA) is 41.1 Å². The molecule has 6 nitrogen and oxygen atoms in total. The minimum atomic E-state index is -0.271. The summed E-state index contributed by atoms with van der Waals surface area (Å²) in [5, 5.41) is 0. The predicted molar refractivity (Wildman–Crippen MR) is 107 cm³/mol. The van der Waals surface area contributed by atoms with Gasteiger partial charge in [-0.1, -0.05) is 0 Å². The second kappa shape index (κ2) is 7.61. The summed E-state index contributed by atoms with van der Waals surface area (Å²) >= 11 is 0. The van der Waals surface area contributed by atoms with Gasteiger partial charge in [0.15, 0.2) is 0 Å². The van der Waals surface area contributed by atoms with Crippen molar-refractivity contribution in [3.63, 3.8) is 0 Å². The molecule has 146 valence electrons. The fourth-order valence-electron chi connectivity index (χ4n) is 3.75. The van der Waals surface area contributed by atoms with E-state index in [1.807, 2.05) is 0 Å². The molecular weight excluding hydrogens is 328 g/mol. The highest BCUT2D eigenvalue weighted by Gasteiger charge is 2.26. The van der Waals surface area contributed by atoms with E-state index in [0.29, 0.717) is 18.0 Å². The summed E-state index contributed by atoms with van der Waals surface area (Å²) in [6, 6.07) is 5.09. The molecule has 2 aliphatic rings. The highest BCUT2D eigenvalue weighted by atomic mass is 16.5. The molecule has 3 rings (SSSR count). The minimum Gasteiger partial charge on any atom is -0.472 e. The third-order valence-corrected chi connectivity index (χ3v) is 5.01. The van der Waals surface area contributed by atoms with Gasteiger partial charge >= 0.3 is 0 Å². The van der Waals surface area contributed by atoms with Crippen molar-refractivity contribution in [3.05, 3.63) is 12.1 Å². The van der Waals surface area contributed by atoms with E-state index in [1.165, 1.54) is 5.69 Å². The third-order valence-electron chi connectivity index (χ3n) is 5.01. The molecule has 0 aromatic carbocycles. The number of anilines is 2. The lowest BCUT2D eigenvalue weighted by molar-refractivity contribution is 0.0986. The Balaban J connectivity index is 1.94. The number of likely N-dealkylation sites (N-methyl/N-ethyl adjacent to an activating group) is 1. The molecule has 1 unspecified atom stereocenters. The number of morpholine rings is 1. The molecule has 2 atom stereocenters. The second-order valence-electron chi connectivity index (χ2n) is 8.66. The Morgan fingerprint density at radius 1 is 1.08 bits per heavy atom. The summed E-state index contributed by atoms with van der Waals surface area (Å²) in [6.45, 7) is 16.2. The molecular formula is C20H34N4O2. The number of hydrogen-bond acceptors (Lipinski definition) is 6. The molecule has 2 fully saturated rings.